The minimum atomic E-state index is -0.715. The van der Waals surface area contributed by atoms with E-state index in [9.17, 15) is 4.79 Å². The summed E-state index contributed by atoms with van der Waals surface area (Å²) in [5.74, 6) is 0.905. The molecule has 0 aliphatic heterocycles. The van der Waals surface area contributed by atoms with Gasteiger partial charge in [0.25, 0.3) is 0 Å². The maximum absolute atomic E-state index is 14.4. The van der Waals surface area contributed by atoms with Crippen molar-refractivity contribution < 1.29 is 9.53 Å². The van der Waals surface area contributed by atoms with Crippen LogP contribution in [0.3, 0.4) is 0 Å². The Hall–Kier alpha value is -2.88. The van der Waals surface area contributed by atoms with Crippen LogP contribution in [-0.4, -0.2) is 31.1 Å². The number of nitrogens with zero attached hydrogens (tertiary/aromatic N) is 4. The smallest absolute Gasteiger partial charge is 0.316 e. The lowest BCUT2D eigenvalue weighted by Crippen LogP contribution is -2.40. The van der Waals surface area contributed by atoms with Gasteiger partial charge in [-0.15, -0.1) is 0 Å². The van der Waals surface area contributed by atoms with Crippen LogP contribution in [0.5, 0.6) is 0 Å². The Balaban J connectivity index is 1.43. The highest BCUT2D eigenvalue weighted by atomic mass is 127. The maximum Gasteiger partial charge on any atom is 0.316 e. The van der Waals surface area contributed by atoms with Crippen LogP contribution in [0.1, 0.15) is 81.8 Å². The Bertz CT molecular complexity index is 1440. The fourth-order valence-electron chi connectivity index (χ4n) is 6.88. The summed E-state index contributed by atoms with van der Waals surface area (Å²) in [6.45, 7) is 0.286. The number of aromatic nitrogens is 5. The molecule has 2 fully saturated rings. The van der Waals surface area contributed by atoms with Crippen molar-refractivity contribution in [1.82, 2.24) is 25.1 Å². The van der Waals surface area contributed by atoms with E-state index in [0.29, 0.717) is 21.3 Å². The number of benzene rings is 1. The number of carbonyl (C=O) groups excluding carboxylic acids is 1. The Morgan fingerprint density at radius 2 is 1.68 bits per heavy atom. The van der Waals surface area contributed by atoms with Gasteiger partial charge in [-0.1, -0.05) is 88.1 Å². The second-order valence-electron chi connectivity index (χ2n) is 11.6. The number of hydrogen-bond donors (Lipinski definition) is 1. The summed E-state index contributed by atoms with van der Waals surface area (Å²) in [7, 11) is 0. The molecule has 2 aliphatic rings. The lowest BCUT2D eigenvalue weighted by molar-refractivity contribution is -0.153. The van der Waals surface area contributed by atoms with Gasteiger partial charge in [-0.2, -0.15) is 5.10 Å². The van der Waals surface area contributed by atoms with Crippen LogP contribution in [0.2, 0.25) is 0 Å². The first-order valence-electron chi connectivity index (χ1n) is 14.7. The van der Waals surface area contributed by atoms with Gasteiger partial charge < -0.3 is 4.74 Å². The van der Waals surface area contributed by atoms with Crippen LogP contribution < -0.4 is 0 Å². The fraction of sp³-hybridized carbons (Fsp3) is 0.469. The Labute approximate surface area is 249 Å². The molecule has 3 aromatic heterocycles. The van der Waals surface area contributed by atoms with E-state index >= 15 is 0 Å². The van der Waals surface area contributed by atoms with Crippen LogP contribution in [0.25, 0.3) is 22.4 Å². The summed E-state index contributed by atoms with van der Waals surface area (Å²) in [4.78, 5) is 28.4. The van der Waals surface area contributed by atoms with Gasteiger partial charge in [0.05, 0.1) is 22.7 Å². The first-order valence-corrected chi connectivity index (χ1v) is 15.7. The summed E-state index contributed by atoms with van der Waals surface area (Å²) in [6.07, 6.45) is 16.4. The number of halogens is 1. The first kappa shape index (κ1) is 27.3. The second kappa shape index (κ2) is 12.3. The number of carbonyl (C=O) groups is 1. The molecule has 0 radical (unpaired) electrons. The average molecular weight is 650 g/mol. The number of esters is 1. The van der Waals surface area contributed by atoms with Crippen molar-refractivity contribution >= 4 is 39.6 Å². The van der Waals surface area contributed by atoms with Gasteiger partial charge in [0.15, 0.2) is 9.48 Å². The molecule has 6 rings (SSSR count). The molecule has 2 atom stereocenters. The van der Waals surface area contributed by atoms with Crippen LogP contribution in [0.15, 0.2) is 54.9 Å². The topological polar surface area (TPSA) is 93.6 Å². The molecule has 0 saturated heterocycles. The first-order chi connectivity index (χ1) is 19.6. The van der Waals surface area contributed by atoms with Crippen molar-refractivity contribution in [2.75, 3.05) is 0 Å². The molecular formula is C32H36IN5O2. The quantitative estimate of drug-likeness (QED) is 0.136. The van der Waals surface area contributed by atoms with E-state index in [4.69, 9.17) is 14.7 Å². The Morgan fingerprint density at radius 3 is 2.42 bits per heavy atom. The molecule has 2 aliphatic carbocycles. The summed E-state index contributed by atoms with van der Waals surface area (Å²) in [5.41, 5.74) is 3.44. The number of ether oxygens (including phenoxy) is 1. The van der Waals surface area contributed by atoms with E-state index in [1.807, 2.05) is 42.6 Å². The summed E-state index contributed by atoms with van der Waals surface area (Å²) >= 11 is 2.13. The summed E-state index contributed by atoms with van der Waals surface area (Å²) in [6, 6.07) is 14.1. The van der Waals surface area contributed by atoms with Crippen molar-refractivity contribution in [3.63, 3.8) is 0 Å². The Kier molecular flexibility index (Phi) is 8.41. The lowest BCUT2D eigenvalue weighted by Gasteiger charge is -2.35. The number of fused-ring (bicyclic) bond motifs is 4. The van der Waals surface area contributed by atoms with Crippen LogP contribution in [-0.2, 0) is 21.6 Å². The number of hydrogen-bond acceptors (Lipinski definition) is 6. The van der Waals surface area contributed by atoms with Gasteiger partial charge in [-0.3, -0.25) is 14.9 Å². The molecule has 3 heterocycles. The summed E-state index contributed by atoms with van der Waals surface area (Å²) < 4.78 is 6.82. The van der Waals surface area contributed by atoms with Gasteiger partial charge in [-0.05, 0) is 47.9 Å². The lowest BCUT2D eigenvalue weighted by atomic mass is 9.69. The van der Waals surface area contributed by atoms with Gasteiger partial charge in [-0.25, -0.2) is 9.97 Å². The van der Waals surface area contributed by atoms with Crippen molar-refractivity contribution in [1.29, 1.82) is 0 Å². The normalized spacial score (nSPS) is 23.8. The average Bonchev–Trinajstić information content (AvgIpc) is 3.34. The molecule has 4 aromatic rings. The molecule has 0 amide bonds. The fourth-order valence-corrected chi connectivity index (χ4v) is 7.36. The van der Waals surface area contributed by atoms with Crippen LogP contribution in [0.4, 0.5) is 0 Å². The molecule has 2 unspecified atom stereocenters. The molecular weight excluding hydrogens is 613 g/mol. The molecule has 1 N–H and O–H groups in total. The third-order valence-corrected chi connectivity index (χ3v) is 9.41. The zero-order valence-corrected chi connectivity index (χ0v) is 25.0. The molecule has 208 valence electrons. The number of pyridine rings is 1. The number of H-pyrrole nitrogens is 1. The minimum Gasteiger partial charge on any atom is -0.460 e. The predicted molar refractivity (Wildman–Crippen MR) is 163 cm³/mol. The molecule has 2 bridgehead atoms. The zero-order valence-electron chi connectivity index (χ0n) is 22.8. The van der Waals surface area contributed by atoms with Crippen molar-refractivity contribution in [2.45, 2.75) is 82.7 Å². The molecule has 0 spiro atoms. The van der Waals surface area contributed by atoms with Gasteiger partial charge in [0.1, 0.15) is 12.3 Å². The highest BCUT2D eigenvalue weighted by Crippen LogP contribution is 2.47. The highest BCUT2D eigenvalue weighted by molar-refractivity contribution is 14.1. The van der Waals surface area contributed by atoms with Gasteiger partial charge in [0, 0.05) is 28.8 Å². The van der Waals surface area contributed by atoms with Crippen molar-refractivity contribution in [3.8, 4) is 11.4 Å². The second-order valence-corrected chi connectivity index (χ2v) is 12.6. The monoisotopic (exact) mass is 649 g/mol. The standard InChI is InChI=1S/C32H36IN5O2/c33-31-36-28(26-20-35-38-29(26)37-31)27-17-25(15-16-34-27)32(30(39)40-21-24-11-7-4-8-12-24)18-22-9-5-2-1-3-6-10-23(19-32)14-13-22/h4,7-8,11-12,15-17,20,22-23H,1-3,5-6,9-10,13-14,18-19,21H2,(H,35,36,37,38). The molecule has 2 saturated carbocycles. The molecule has 40 heavy (non-hydrogen) atoms. The Morgan fingerprint density at radius 1 is 0.950 bits per heavy atom. The van der Waals surface area contributed by atoms with Crippen LogP contribution >= 0.6 is 22.6 Å². The van der Waals surface area contributed by atoms with Gasteiger partial charge >= 0.3 is 5.97 Å². The van der Waals surface area contributed by atoms with E-state index in [0.717, 1.165) is 40.7 Å². The zero-order chi connectivity index (χ0) is 27.4. The third-order valence-electron chi connectivity index (χ3n) is 8.92. The van der Waals surface area contributed by atoms with E-state index < -0.39 is 5.41 Å². The van der Waals surface area contributed by atoms with Crippen molar-refractivity contribution in [2.24, 2.45) is 11.8 Å². The SMILES string of the molecule is O=C(OCc1ccccc1)C1(c2ccnc(-c3nc(I)nc4[nH]ncc34)c2)CC2CCCCCCCC(CC2)C1. The number of nitrogens with one attached hydrogen (secondary N) is 1. The minimum absolute atomic E-state index is 0.104. The number of aromatic amines is 1. The van der Waals surface area contributed by atoms with Crippen molar-refractivity contribution in [3.05, 3.63) is 69.8 Å². The largest absolute Gasteiger partial charge is 0.460 e. The predicted octanol–water partition coefficient (Wildman–Crippen LogP) is 7.55. The van der Waals surface area contributed by atoms with Crippen LogP contribution in [0, 0.1) is 15.7 Å². The van der Waals surface area contributed by atoms with E-state index in [-0.39, 0.29) is 12.6 Å². The van der Waals surface area contributed by atoms with E-state index in [1.54, 1.807) is 6.20 Å². The molecule has 8 heteroatoms. The highest BCUT2D eigenvalue weighted by Gasteiger charge is 2.47. The molecule has 1 aromatic carbocycles. The van der Waals surface area contributed by atoms with Gasteiger partial charge in [0.2, 0.25) is 0 Å². The van der Waals surface area contributed by atoms with E-state index in [1.165, 1.54) is 57.8 Å². The number of rotatable bonds is 5. The third kappa shape index (κ3) is 5.92. The maximum atomic E-state index is 14.4. The summed E-state index contributed by atoms with van der Waals surface area (Å²) in [5, 5.41) is 7.97. The van der Waals surface area contributed by atoms with E-state index in [2.05, 4.69) is 43.8 Å². The molecule has 7 nitrogen and oxygen atoms in total.